The van der Waals surface area contributed by atoms with E-state index < -0.39 is 0 Å². The number of aromatic amines is 1. The van der Waals surface area contributed by atoms with Crippen molar-refractivity contribution in [3.8, 4) is 6.07 Å². The molecule has 2 aromatic rings. The summed E-state index contributed by atoms with van der Waals surface area (Å²) in [5, 5.41) is 11.8. The Morgan fingerprint density at radius 3 is 2.74 bits per heavy atom. The number of nitrogens with one attached hydrogen (secondary N) is 2. The zero-order valence-corrected chi connectivity index (χ0v) is 13.4. The van der Waals surface area contributed by atoms with Gasteiger partial charge in [0.05, 0.1) is 0 Å². The standard InChI is InChI=1S/C17H18N4O2/c1-10-5-4-6-15(19-10)21-16(22)8-7-13-11(2)14(9-18)17(23)20-12(13)3/h4-6H,7-8H2,1-3H3,(H,20,23)(H,19,21,22). The first-order valence-electron chi connectivity index (χ1n) is 7.28. The molecule has 0 aliphatic rings. The second kappa shape index (κ2) is 6.88. The molecule has 1 amide bonds. The van der Waals surface area contributed by atoms with Gasteiger partial charge >= 0.3 is 0 Å². The average Bonchev–Trinajstić information content (AvgIpc) is 2.47. The highest BCUT2D eigenvalue weighted by molar-refractivity contribution is 5.89. The zero-order chi connectivity index (χ0) is 17.0. The normalized spacial score (nSPS) is 10.2. The SMILES string of the molecule is Cc1cccc(NC(=O)CCc2c(C)[nH]c(=O)c(C#N)c2C)n1. The van der Waals surface area contributed by atoms with Gasteiger partial charge in [0.2, 0.25) is 5.91 Å². The van der Waals surface area contributed by atoms with Crippen molar-refractivity contribution < 1.29 is 4.79 Å². The van der Waals surface area contributed by atoms with Crippen molar-refractivity contribution in [1.82, 2.24) is 9.97 Å². The Morgan fingerprint density at radius 2 is 2.09 bits per heavy atom. The van der Waals surface area contributed by atoms with Gasteiger partial charge in [0.25, 0.3) is 5.56 Å². The molecule has 0 fully saturated rings. The monoisotopic (exact) mass is 310 g/mol. The third-order valence-electron chi connectivity index (χ3n) is 3.68. The number of hydrogen-bond donors (Lipinski definition) is 2. The highest BCUT2D eigenvalue weighted by Crippen LogP contribution is 2.15. The second-order valence-electron chi connectivity index (χ2n) is 5.38. The van der Waals surface area contributed by atoms with Gasteiger partial charge in [0.1, 0.15) is 17.5 Å². The van der Waals surface area contributed by atoms with E-state index in [0.29, 0.717) is 23.5 Å². The Hall–Kier alpha value is -2.94. The summed E-state index contributed by atoms with van der Waals surface area (Å²) in [5.41, 5.74) is 2.69. The molecule has 0 aliphatic heterocycles. The van der Waals surface area contributed by atoms with Crippen LogP contribution in [0.3, 0.4) is 0 Å². The molecule has 2 heterocycles. The molecule has 0 radical (unpaired) electrons. The van der Waals surface area contributed by atoms with Gasteiger partial charge in [-0.2, -0.15) is 5.26 Å². The summed E-state index contributed by atoms with van der Waals surface area (Å²) in [6.07, 6.45) is 0.689. The lowest BCUT2D eigenvalue weighted by molar-refractivity contribution is -0.116. The number of carbonyl (C=O) groups is 1. The summed E-state index contributed by atoms with van der Waals surface area (Å²) in [6.45, 7) is 5.35. The van der Waals surface area contributed by atoms with Crippen molar-refractivity contribution in [2.75, 3.05) is 5.32 Å². The fraction of sp³-hybridized carbons (Fsp3) is 0.294. The Morgan fingerprint density at radius 1 is 1.35 bits per heavy atom. The number of pyridine rings is 2. The average molecular weight is 310 g/mol. The topological polar surface area (TPSA) is 98.6 Å². The first-order valence-corrected chi connectivity index (χ1v) is 7.28. The van der Waals surface area contributed by atoms with E-state index in [1.165, 1.54) is 0 Å². The number of carbonyl (C=O) groups excluding carboxylic acids is 1. The minimum atomic E-state index is -0.389. The molecule has 0 spiro atoms. The van der Waals surface area contributed by atoms with Crippen molar-refractivity contribution in [2.45, 2.75) is 33.6 Å². The molecule has 118 valence electrons. The van der Waals surface area contributed by atoms with Crippen molar-refractivity contribution in [3.05, 3.63) is 56.6 Å². The maximum atomic E-state index is 12.1. The van der Waals surface area contributed by atoms with E-state index in [0.717, 1.165) is 11.3 Å². The van der Waals surface area contributed by atoms with Gasteiger partial charge in [0, 0.05) is 17.8 Å². The van der Waals surface area contributed by atoms with Gasteiger partial charge in [0.15, 0.2) is 0 Å². The highest BCUT2D eigenvalue weighted by Gasteiger charge is 2.13. The van der Waals surface area contributed by atoms with Crippen LogP contribution in [0.1, 0.15) is 34.5 Å². The second-order valence-corrected chi connectivity index (χ2v) is 5.38. The van der Waals surface area contributed by atoms with Crippen LogP contribution in [-0.2, 0) is 11.2 Å². The van der Waals surface area contributed by atoms with Crippen LogP contribution in [0.4, 0.5) is 5.82 Å². The smallest absolute Gasteiger partial charge is 0.266 e. The molecule has 0 aliphatic carbocycles. The number of nitrogens with zero attached hydrogens (tertiary/aromatic N) is 2. The Labute approximate surface area is 134 Å². The Bertz CT molecular complexity index is 847. The van der Waals surface area contributed by atoms with Gasteiger partial charge in [-0.25, -0.2) is 4.98 Å². The van der Waals surface area contributed by atoms with Crippen LogP contribution in [0.15, 0.2) is 23.0 Å². The van der Waals surface area contributed by atoms with Gasteiger partial charge in [-0.3, -0.25) is 9.59 Å². The van der Waals surface area contributed by atoms with Crippen molar-refractivity contribution in [3.63, 3.8) is 0 Å². The van der Waals surface area contributed by atoms with E-state index in [1.54, 1.807) is 19.9 Å². The molecule has 23 heavy (non-hydrogen) atoms. The lowest BCUT2D eigenvalue weighted by Crippen LogP contribution is -2.18. The van der Waals surface area contributed by atoms with Crippen LogP contribution in [0, 0.1) is 32.1 Å². The zero-order valence-electron chi connectivity index (χ0n) is 13.4. The van der Waals surface area contributed by atoms with Gasteiger partial charge in [-0.1, -0.05) is 6.07 Å². The van der Waals surface area contributed by atoms with E-state index in [-0.39, 0.29) is 23.5 Å². The number of anilines is 1. The number of H-pyrrole nitrogens is 1. The number of aromatic nitrogens is 2. The molecule has 0 atom stereocenters. The minimum absolute atomic E-state index is 0.103. The van der Waals surface area contributed by atoms with E-state index in [9.17, 15) is 9.59 Å². The summed E-state index contributed by atoms with van der Waals surface area (Å²) in [6, 6.07) is 7.32. The minimum Gasteiger partial charge on any atom is -0.325 e. The molecule has 6 heteroatoms. The molecule has 0 unspecified atom stereocenters. The number of rotatable bonds is 4. The molecule has 2 rings (SSSR count). The number of amides is 1. The molecular formula is C17H18N4O2. The van der Waals surface area contributed by atoms with Crippen molar-refractivity contribution >= 4 is 11.7 Å². The van der Waals surface area contributed by atoms with E-state index in [1.807, 2.05) is 25.1 Å². The fourth-order valence-electron chi connectivity index (χ4n) is 2.48. The molecule has 6 nitrogen and oxygen atoms in total. The van der Waals surface area contributed by atoms with Crippen LogP contribution in [0.5, 0.6) is 0 Å². The Balaban J connectivity index is 2.11. The molecular weight excluding hydrogens is 292 g/mol. The molecule has 2 N–H and O–H groups in total. The van der Waals surface area contributed by atoms with Gasteiger partial charge in [-0.05, 0) is 50.5 Å². The maximum Gasteiger partial charge on any atom is 0.266 e. The predicted molar refractivity (Wildman–Crippen MR) is 87.2 cm³/mol. The van der Waals surface area contributed by atoms with E-state index >= 15 is 0 Å². The lowest BCUT2D eigenvalue weighted by Gasteiger charge is -2.11. The number of hydrogen-bond acceptors (Lipinski definition) is 4. The van der Waals surface area contributed by atoms with Crippen LogP contribution in [0.25, 0.3) is 0 Å². The summed E-state index contributed by atoms with van der Waals surface area (Å²) < 4.78 is 0. The number of nitriles is 1. The van der Waals surface area contributed by atoms with Gasteiger partial charge < -0.3 is 10.3 Å². The molecule has 0 aromatic carbocycles. The van der Waals surface area contributed by atoms with Crippen LogP contribution in [0.2, 0.25) is 0 Å². The lowest BCUT2D eigenvalue weighted by atomic mass is 9.99. The van der Waals surface area contributed by atoms with E-state index in [2.05, 4.69) is 15.3 Å². The number of aryl methyl sites for hydroxylation is 2. The third kappa shape index (κ3) is 3.83. The summed E-state index contributed by atoms with van der Waals surface area (Å²) in [5.74, 6) is 0.356. The quantitative estimate of drug-likeness (QED) is 0.903. The van der Waals surface area contributed by atoms with Crippen molar-refractivity contribution in [2.24, 2.45) is 0 Å². The van der Waals surface area contributed by atoms with Crippen LogP contribution >= 0.6 is 0 Å². The summed E-state index contributed by atoms with van der Waals surface area (Å²) >= 11 is 0. The highest BCUT2D eigenvalue weighted by atomic mass is 16.1. The maximum absolute atomic E-state index is 12.1. The van der Waals surface area contributed by atoms with Crippen LogP contribution in [-0.4, -0.2) is 15.9 Å². The summed E-state index contributed by atoms with van der Waals surface area (Å²) in [4.78, 5) is 30.6. The Kier molecular flexibility index (Phi) is 4.91. The summed E-state index contributed by atoms with van der Waals surface area (Å²) in [7, 11) is 0. The van der Waals surface area contributed by atoms with E-state index in [4.69, 9.17) is 5.26 Å². The first kappa shape index (κ1) is 16.4. The molecule has 2 aromatic heterocycles. The largest absolute Gasteiger partial charge is 0.325 e. The molecule has 0 saturated heterocycles. The van der Waals surface area contributed by atoms with Crippen molar-refractivity contribution in [1.29, 1.82) is 5.26 Å². The van der Waals surface area contributed by atoms with Gasteiger partial charge in [-0.15, -0.1) is 0 Å². The van der Waals surface area contributed by atoms with Crippen LogP contribution < -0.4 is 10.9 Å². The molecule has 0 saturated carbocycles. The molecule has 0 bridgehead atoms. The predicted octanol–water partition coefficient (Wildman–Crippen LogP) is 2.14. The first-order chi connectivity index (χ1) is 10.9. The third-order valence-corrected chi connectivity index (χ3v) is 3.68. The fourth-order valence-corrected chi connectivity index (χ4v) is 2.48.